The lowest BCUT2D eigenvalue weighted by molar-refractivity contribution is 0.745. The first-order valence-electron chi connectivity index (χ1n) is 16.8. The van der Waals surface area contributed by atoms with Gasteiger partial charge in [0.25, 0.3) is 0 Å². The molecule has 0 spiro atoms. The van der Waals surface area contributed by atoms with Crippen molar-refractivity contribution in [3.63, 3.8) is 0 Å². The largest absolute Gasteiger partial charge is 0.333 e. The Hall–Kier alpha value is -6.12. The van der Waals surface area contributed by atoms with Crippen LogP contribution in [0.25, 0.3) is 44.2 Å². The molecule has 2 atom stereocenters. The molecule has 0 radical (unpaired) electrons. The molecule has 0 N–H and O–H groups in total. The summed E-state index contributed by atoms with van der Waals surface area (Å²) in [7, 11) is 0. The van der Waals surface area contributed by atoms with Crippen LogP contribution in [0, 0.1) is 0 Å². The van der Waals surface area contributed by atoms with Crippen molar-refractivity contribution in [1.82, 2.24) is 0 Å². The van der Waals surface area contributed by atoms with Gasteiger partial charge in [0.1, 0.15) is 0 Å². The Kier molecular flexibility index (Phi) is 6.04. The summed E-state index contributed by atoms with van der Waals surface area (Å²) in [6, 6.07) is 58.1. The maximum atomic E-state index is 2.49. The van der Waals surface area contributed by atoms with Gasteiger partial charge in [-0.15, -0.1) is 0 Å². The van der Waals surface area contributed by atoms with Crippen LogP contribution in [0.3, 0.4) is 0 Å². The zero-order valence-electron chi connectivity index (χ0n) is 26.4. The Morgan fingerprint density at radius 2 is 1.10 bits per heavy atom. The second-order valence-electron chi connectivity index (χ2n) is 12.9. The van der Waals surface area contributed by atoms with Gasteiger partial charge in [0.05, 0.1) is 6.04 Å². The van der Waals surface area contributed by atoms with Crippen LogP contribution in [0.5, 0.6) is 0 Å². The van der Waals surface area contributed by atoms with Crippen LogP contribution in [0.1, 0.15) is 11.5 Å². The average Bonchev–Trinajstić information content (AvgIpc) is 3.66. The highest BCUT2D eigenvalue weighted by Gasteiger charge is 2.36. The van der Waals surface area contributed by atoms with Crippen molar-refractivity contribution >= 4 is 39.2 Å². The first kappa shape index (κ1) is 27.0. The van der Waals surface area contributed by atoms with Crippen LogP contribution in [0.15, 0.2) is 182 Å². The van der Waals surface area contributed by atoms with Gasteiger partial charge in [-0.3, -0.25) is 0 Å². The molecule has 2 heteroatoms. The monoisotopic (exact) mass is 612 g/mol. The van der Waals surface area contributed by atoms with E-state index in [1.807, 2.05) is 0 Å². The van der Waals surface area contributed by atoms with E-state index in [0.29, 0.717) is 12.0 Å². The van der Waals surface area contributed by atoms with Crippen LogP contribution in [0.2, 0.25) is 0 Å². The molecule has 0 bridgehead atoms. The summed E-state index contributed by atoms with van der Waals surface area (Å²) in [5.74, 6) is 0.390. The van der Waals surface area contributed by atoms with Crippen molar-refractivity contribution in [3.05, 3.63) is 188 Å². The predicted molar refractivity (Wildman–Crippen MR) is 202 cm³/mol. The summed E-state index contributed by atoms with van der Waals surface area (Å²) in [5.41, 5.74) is 15.0. The lowest BCUT2D eigenvalue weighted by atomic mass is 9.91. The van der Waals surface area contributed by atoms with Gasteiger partial charge in [0.15, 0.2) is 0 Å². The summed E-state index contributed by atoms with van der Waals surface area (Å²) in [5, 5.41) is 2.65. The van der Waals surface area contributed by atoms with Crippen LogP contribution >= 0.6 is 0 Å². The minimum Gasteiger partial charge on any atom is -0.333 e. The maximum absolute atomic E-state index is 2.49. The van der Waals surface area contributed by atoms with E-state index in [0.717, 1.165) is 17.1 Å². The van der Waals surface area contributed by atoms with Gasteiger partial charge in [-0.05, 0) is 104 Å². The molecular formula is C46H32N2. The maximum Gasteiger partial charge on any atom is 0.0629 e. The van der Waals surface area contributed by atoms with Crippen molar-refractivity contribution in [2.45, 2.75) is 12.0 Å². The molecule has 0 saturated heterocycles. The fourth-order valence-corrected chi connectivity index (χ4v) is 8.15. The number of nitrogens with zero attached hydrogens (tertiary/aromatic N) is 2. The second-order valence-corrected chi connectivity index (χ2v) is 12.9. The Morgan fingerprint density at radius 1 is 0.458 bits per heavy atom. The lowest BCUT2D eigenvalue weighted by Crippen LogP contribution is -2.28. The molecule has 2 nitrogen and oxygen atoms in total. The number of rotatable bonds is 5. The van der Waals surface area contributed by atoms with Crippen LogP contribution in [-0.2, 0) is 0 Å². The average molecular weight is 613 g/mol. The van der Waals surface area contributed by atoms with E-state index in [1.54, 1.807) is 0 Å². The molecular weight excluding hydrogens is 581 g/mol. The minimum absolute atomic E-state index is 0.308. The van der Waals surface area contributed by atoms with Crippen molar-refractivity contribution in [2.75, 3.05) is 9.80 Å². The molecule has 0 aromatic heterocycles. The molecule has 3 aliphatic rings. The molecule has 1 heterocycles. The first-order chi connectivity index (χ1) is 23.8. The number of hydrogen-bond donors (Lipinski definition) is 0. The highest BCUT2D eigenvalue weighted by Crippen LogP contribution is 2.50. The summed E-state index contributed by atoms with van der Waals surface area (Å²) < 4.78 is 0. The van der Waals surface area contributed by atoms with Crippen LogP contribution in [-0.4, -0.2) is 6.04 Å². The first-order valence-corrected chi connectivity index (χ1v) is 16.8. The van der Waals surface area contributed by atoms with E-state index >= 15 is 0 Å². The van der Waals surface area contributed by atoms with E-state index in [9.17, 15) is 0 Å². The van der Waals surface area contributed by atoms with E-state index in [2.05, 4.69) is 192 Å². The molecule has 0 saturated carbocycles. The van der Waals surface area contributed by atoms with Gasteiger partial charge in [-0.25, -0.2) is 0 Å². The molecule has 0 fully saturated rings. The van der Waals surface area contributed by atoms with E-state index in [-0.39, 0.29) is 0 Å². The topological polar surface area (TPSA) is 6.48 Å². The molecule has 48 heavy (non-hydrogen) atoms. The van der Waals surface area contributed by atoms with Gasteiger partial charge < -0.3 is 9.80 Å². The second kappa shape index (κ2) is 10.7. The van der Waals surface area contributed by atoms with Gasteiger partial charge >= 0.3 is 0 Å². The fraction of sp³-hybridized carbons (Fsp3) is 0.0435. The van der Waals surface area contributed by atoms with Gasteiger partial charge in [-0.2, -0.15) is 0 Å². The van der Waals surface area contributed by atoms with E-state index < -0.39 is 0 Å². The van der Waals surface area contributed by atoms with Crippen LogP contribution in [0.4, 0.5) is 28.4 Å². The number of allylic oxidation sites excluding steroid dienone is 2. The third kappa shape index (κ3) is 4.13. The number of para-hydroxylation sites is 2. The molecule has 226 valence electrons. The number of fused-ring (bicyclic) bond motifs is 6. The molecule has 0 amide bonds. The predicted octanol–water partition coefficient (Wildman–Crippen LogP) is 12.4. The van der Waals surface area contributed by atoms with E-state index in [1.165, 1.54) is 61.1 Å². The highest BCUT2D eigenvalue weighted by molar-refractivity contribution is 6.15. The molecule has 7 aromatic rings. The summed E-state index contributed by atoms with van der Waals surface area (Å²) in [4.78, 5) is 4.85. The van der Waals surface area contributed by atoms with Gasteiger partial charge in [-0.1, -0.05) is 127 Å². The van der Waals surface area contributed by atoms with Crippen molar-refractivity contribution < 1.29 is 0 Å². The third-order valence-corrected chi connectivity index (χ3v) is 10.3. The zero-order valence-corrected chi connectivity index (χ0v) is 26.4. The van der Waals surface area contributed by atoms with Crippen molar-refractivity contribution in [1.29, 1.82) is 0 Å². The Labute approximate surface area is 281 Å². The number of benzene rings is 7. The van der Waals surface area contributed by atoms with E-state index in [4.69, 9.17) is 0 Å². The summed E-state index contributed by atoms with van der Waals surface area (Å²) >= 11 is 0. The van der Waals surface area contributed by atoms with Gasteiger partial charge in [0, 0.05) is 34.4 Å². The molecule has 2 aliphatic carbocycles. The van der Waals surface area contributed by atoms with Gasteiger partial charge in [0.2, 0.25) is 0 Å². The number of anilines is 5. The Morgan fingerprint density at radius 3 is 1.90 bits per heavy atom. The van der Waals surface area contributed by atoms with Crippen LogP contribution < -0.4 is 9.80 Å². The standard InChI is InChI=1S/C46H32N2/c1-2-12-34(13-3-1)47(37-28-29-38-41-16-8-10-33-11-9-17-42(46(33)41)43(38)30-37)35-24-20-31(21-25-35)32-22-26-36(27-23-32)48-44-18-6-4-14-39(44)40-15-5-7-19-45(40)48/h1-30,39,44H. The SMILES string of the molecule is C1=CC2c3ccccc3N(c3ccc(-c4ccc(N(c5ccccc5)c5ccc6c(c5)-c5cccc7cccc-6c57)cc4)cc3)C2C=C1. The molecule has 2 unspecified atom stereocenters. The quantitative estimate of drug-likeness (QED) is 0.191. The van der Waals surface area contributed by atoms with Crippen molar-refractivity contribution in [2.24, 2.45) is 0 Å². The lowest BCUT2D eigenvalue weighted by Gasteiger charge is -2.29. The summed E-state index contributed by atoms with van der Waals surface area (Å²) in [6.07, 6.45) is 9.02. The normalized spacial score (nSPS) is 16.5. The highest BCUT2D eigenvalue weighted by atomic mass is 15.2. The molecule has 1 aliphatic heterocycles. The Bertz CT molecular complexity index is 2400. The zero-order chi connectivity index (χ0) is 31.6. The Balaban J connectivity index is 0.991. The fourth-order valence-electron chi connectivity index (χ4n) is 8.15. The smallest absolute Gasteiger partial charge is 0.0629 e. The molecule has 10 rings (SSSR count). The molecule has 7 aromatic carbocycles. The van der Waals surface area contributed by atoms with Crippen molar-refractivity contribution in [3.8, 4) is 33.4 Å². The number of hydrogen-bond acceptors (Lipinski definition) is 2. The third-order valence-electron chi connectivity index (χ3n) is 10.3. The summed E-state index contributed by atoms with van der Waals surface area (Å²) in [6.45, 7) is 0. The minimum atomic E-state index is 0.308.